The first-order valence-corrected chi connectivity index (χ1v) is 3.64. The standard InChI is InChI=1S/C8H10N4O/c9-11-7(8(13)12-10)6-4-2-1-3-5-6/h1-5H,9-10H2,(H,12,13)/b11-7+. The van der Waals surface area contributed by atoms with E-state index in [1.165, 1.54) is 0 Å². The maximum atomic E-state index is 11.1. The van der Waals surface area contributed by atoms with E-state index in [1.54, 1.807) is 24.3 Å². The van der Waals surface area contributed by atoms with Gasteiger partial charge in [-0.2, -0.15) is 5.10 Å². The summed E-state index contributed by atoms with van der Waals surface area (Å²) in [4.78, 5) is 11.1. The van der Waals surface area contributed by atoms with Gasteiger partial charge in [-0.05, 0) is 0 Å². The third-order valence-corrected chi connectivity index (χ3v) is 1.52. The quantitative estimate of drug-likeness (QED) is 0.243. The molecule has 0 bridgehead atoms. The monoisotopic (exact) mass is 178 g/mol. The van der Waals surface area contributed by atoms with Crippen molar-refractivity contribution >= 4 is 11.6 Å². The highest BCUT2D eigenvalue weighted by Crippen LogP contribution is 2.00. The van der Waals surface area contributed by atoms with Crippen molar-refractivity contribution in [3.63, 3.8) is 0 Å². The Balaban J connectivity index is 3.00. The predicted octanol–water partition coefficient (Wildman–Crippen LogP) is -0.661. The number of benzene rings is 1. The molecule has 0 aliphatic rings. The molecular weight excluding hydrogens is 168 g/mol. The Morgan fingerprint density at radius 1 is 1.31 bits per heavy atom. The van der Waals surface area contributed by atoms with Crippen LogP contribution in [0.2, 0.25) is 0 Å². The van der Waals surface area contributed by atoms with Crippen LogP contribution in [0, 0.1) is 0 Å². The number of nitrogens with two attached hydrogens (primary N) is 2. The number of carbonyl (C=O) groups is 1. The third kappa shape index (κ3) is 2.03. The van der Waals surface area contributed by atoms with Crippen molar-refractivity contribution in [2.24, 2.45) is 16.8 Å². The van der Waals surface area contributed by atoms with Gasteiger partial charge in [-0.25, -0.2) is 5.84 Å². The van der Waals surface area contributed by atoms with Crippen LogP contribution in [0.25, 0.3) is 0 Å². The minimum absolute atomic E-state index is 0.114. The largest absolute Gasteiger partial charge is 0.322 e. The molecule has 0 radical (unpaired) electrons. The molecule has 1 rings (SSSR count). The van der Waals surface area contributed by atoms with Crippen molar-refractivity contribution in [1.29, 1.82) is 0 Å². The van der Waals surface area contributed by atoms with Crippen LogP contribution in [0.5, 0.6) is 0 Å². The summed E-state index contributed by atoms with van der Waals surface area (Å²) in [6, 6.07) is 8.84. The van der Waals surface area contributed by atoms with E-state index in [0.29, 0.717) is 5.56 Å². The van der Waals surface area contributed by atoms with Gasteiger partial charge in [-0.3, -0.25) is 10.2 Å². The summed E-state index contributed by atoms with van der Waals surface area (Å²) < 4.78 is 0. The SMILES string of the molecule is N/N=C(/C(=O)NN)c1ccccc1. The first-order valence-electron chi connectivity index (χ1n) is 3.64. The van der Waals surface area contributed by atoms with Gasteiger partial charge in [0.1, 0.15) is 0 Å². The molecule has 5 N–H and O–H groups in total. The van der Waals surface area contributed by atoms with Crippen LogP contribution in [0.15, 0.2) is 35.4 Å². The van der Waals surface area contributed by atoms with Crippen LogP contribution >= 0.6 is 0 Å². The average molecular weight is 178 g/mol. The molecule has 0 atom stereocenters. The Bertz CT molecular complexity index is 320. The Kier molecular flexibility index (Phi) is 2.99. The minimum atomic E-state index is -0.506. The smallest absolute Gasteiger partial charge is 0.286 e. The van der Waals surface area contributed by atoms with E-state index in [4.69, 9.17) is 11.7 Å². The molecule has 5 heteroatoms. The molecule has 5 nitrogen and oxygen atoms in total. The summed E-state index contributed by atoms with van der Waals surface area (Å²) in [6.45, 7) is 0. The molecule has 0 saturated carbocycles. The van der Waals surface area contributed by atoms with Crippen molar-refractivity contribution in [2.45, 2.75) is 0 Å². The summed E-state index contributed by atoms with van der Waals surface area (Å²) in [5, 5.41) is 3.35. The van der Waals surface area contributed by atoms with Crippen LogP contribution in [0.1, 0.15) is 5.56 Å². The number of carbonyl (C=O) groups excluding carboxylic acids is 1. The molecular formula is C8H10N4O. The van der Waals surface area contributed by atoms with Crippen LogP contribution in [0.3, 0.4) is 0 Å². The van der Waals surface area contributed by atoms with Gasteiger partial charge >= 0.3 is 0 Å². The number of nitrogens with zero attached hydrogens (tertiary/aromatic N) is 1. The summed E-state index contributed by atoms with van der Waals surface area (Å²) in [6.07, 6.45) is 0. The molecule has 0 unspecified atom stereocenters. The molecule has 0 aliphatic heterocycles. The minimum Gasteiger partial charge on any atom is -0.322 e. The van der Waals surface area contributed by atoms with E-state index in [2.05, 4.69) is 5.10 Å². The molecule has 0 aliphatic carbocycles. The molecule has 13 heavy (non-hydrogen) atoms. The second-order valence-electron chi connectivity index (χ2n) is 2.32. The van der Waals surface area contributed by atoms with Gasteiger partial charge in [-0.1, -0.05) is 30.3 Å². The number of hydrazone groups is 1. The molecule has 0 aromatic heterocycles. The van der Waals surface area contributed by atoms with Gasteiger partial charge in [0.25, 0.3) is 5.91 Å². The number of amides is 1. The van der Waals surface area contributed by atoms with Crippen molar-refractivity contribution in [1.82, 2.24) is 5.43 Å². The molecule has 1 amide bonds. The molecule has 1 aromatic rings. The van der Waals surface area contributed by atoms with Crippen LogP contribution < -0.4 is 17.1 Å². The Labute approximate surface area is 75.4 Å². The zero-order chi connectivity index (χ0) is 9.68. The molecule has 68 valence electrons. The normalized spacial score (nSPS) is 11.0. The summed E-state index contributed by atoms with van der Waals surface area (Å²) in [5.74, 6) is 9.50. The van der Waals surface area contributed by atoms with Crippen molar-refractivity contribution < 1.29 is 4.79 Å². The molecule has 0 saturated heterocycles. The van der Waals surface area contributed by atoms with Gasteiger partial charge in [-0.15, -0.1) is 0 Å². The number of hydrazine groups is 1. The first-order chi connectivity index (χ1) is 6.29. The Morgan fingerprint density at radius 3 is 2.38 bits per heavy atom. The van der Waals surface area contributed by atoms with Gasteiger partial charge in [0.2, 0.25) is 0 Å². The van der Waals surface area contributed by atoms with Gasteiger partial charge in [0.15, 0.2) is 5.71 Å². The lowest BCUT2D eigenvalue weighted by Gasteiger charge is -2.02. The lowest BCUT2D eigenvalue weighted by atomic mass is 10.1. The second-order valence-corrected chi connectivity index (χ2v) is 2.32. The number of nitrogens with one attached hydrogen (secondary N) is 1. The van der Waals surface area contributed by atoms with E-state index in [9.17, 15) is 4.79 Å². The highest BCUT2D eigenvalue weighted by Gasteiger charge is 2.10. The van der Waals surface area contributed by atoms with Crippen molar-refractivity contribution in [2.75, 3.05) is 0 Å². The number of hydrogen-bond acceptors (Lipinski definition) is 4. The first kappa shape index (κ1) is 9.21. The van der Waals surface area contributed by atoms with Crippen molar-refractivity contribution in [3.05, 3.63) is 35.9 Å². The maximum absolute atomic E-state index is 11.1. The highest BCUT2D eigenvalue weighted by molar-refractivity contribution is 6.45. The molecule has 0 heterocycles. The van der Waals surface area contributed by atoms with E-state index < -0.39 is 5.91 Å². The summed E-state index contributed by atoms with van der Waals surface area (Å²) >= 11 is 0. The lowest BCUT2D eigenvalue weighted by molar-refractivity contribution is -0.114. The zero-order valence-corrected chi connectivity index (χ0v) is 6.90. The lowest BCUT2D eigenvalue weighted by Crippen LogP contribution is -2.37. The number of hydrogen-bond donors (Lipinski definition) is 3. The van der Waals surface area contributed by atoms with Crippen LogP contribution in [-0.2, 0) is 4.79 Å². The van der Waals surface area contributed by atoms with Gasteiger partial charge in [0, 0.05) is 5.56 Å². The molecule has 1 aromatic carbocycles. The topological polar surface area (TPSA) is 93.5 Å². The van der Waals surface area contributed by atoms with E-state index in [0.717, 1.165) is 0 Å². The number of rotatable bonds is 2. The second kappa shape index (κ2) is 4.22. The van der Waals surface area contributed by atoms with E-state index >= 15 is 0 Å². The van der Waals surface area contributed by atoms with Gasteiger partial charge in [0.05, 0.1) is 0 Å². The average Bonchev–Trinajstić information content (AvgIpc) is 2.20. The van der Waals surface area contributed by atoms with Crippen molar-refractivity contribution in [3.8, 4) is 0 Å². The Morgan fingerprint density at radius 2 is 1.92 bits per heavy atom. The van der Waals surface area contributed by atoms with Gasteiger partial charge < -0.3 is 5.84 Å². The predicted molar refractivity (Wildman–Crippen MR) is 49.5 cm³/mol. The fraction of sp³-hybridized carbons (Fsp3) is 0. The Hall–Kier alpha value is -1.88. The van der Waals surface area contributed by atoms with E-state index in [-0.39, 0.29) is 5.71 Å². The molecule has 0 spiro atoms. The zero-order valence-electron chi connectivity index (χ0n) is 6.90. The molecule has 0 fully saturated rings. The third-order valence-electron chi connectivity index (χ3n) is 1.52. The highest BCUT2D eigenvalue weighted by atomic mass is 16.2. The van der Waals surface area contributed by atoms with Crippen LogP contribution in [0.4, 0.5) is 0 Å². The van der Waals surface area contributed by atoms with E-state index in [1.807, 2.05) is 11.5 Å². The fourth-order valence-electron chi connectivity index (χ4n) is 0.929. The summed E-state index contributed by atoms with van der Waals surface area (Å²) in [5.41, 5.74) is 2.71. The maximum Gasteiger partial charge on any atom is 0.286 e. The summed E-state index contributed by atoms with van der Waals surface area (Å²) in [7, 11) is 0. The fourth-order valence-corrected chi connectivity index (χ4v) is 0.929. The van der Waals surface area contributed by atoms with Crippen LogP contribution in [-0.4, -0.2) is 11.6 Å².